The van der Waals surface area contributed by atoms with Crippen LogP contribution in [0.15, 0.2) is 36.5 Å². The van der Waals surface area contributed by atoms with Crippen molar-refractivity contribution in [1.82, 2.24) is 20.4 Å². The zero-order valence-corrected chi connectivity index (χ0v) is 13.9. The van der Waals surface area contributed by atoms with Crippen LogP contribution in [0, 0.1) is 6.92 Å². The molecule has 0 saturated carbocycles. The highest BCUT2D eigenvalue weighted by atomic mass is 35.5. The van der Waals surface area contributed by atoms with E-state index >= 15 is 0 Å². The van der Waals surface area contributed by atoms with Gasteiger partial charge in [0.2, 0.25) is 0 Å². The van der Waals surface area contributed by atoms with E-state index in [2.05, 4.69) is 57.7 Å². The van der Waals surface area contributed by atoms with E-state index in [0.29, 0.717) is 6.04 Å². The molecular weight excluding hydrogens is 296 g/mol. The number of benzene rings is 1. The third-order valence-electron chi connectivity index (χ3n) is 4.35. The van der Waals surface area contributed by atoms with Gasteiger partial charge in [-0.3, -0.25) is 10.00 Å². The summed E-state index contributed by atoms with van der Waals surface area (Å²) in [6.45, 7) is 6.35. The molecule has 1 fully saturated rings. The minimum Gasteiger partial charge on any atom is -0.311 e. The van der Waals surface area contributed by atoms with Gasteiger partial charge in [0.1, 0.15) is 0 Å². The molecule has 0 aliphatic carbocycles. The highest BCUT2D eigenvalue weighted by Crippen LogP contribution is 2.24. The Morgan fingerprint density at radius 3 is 2.59 bits per heavy atom. The normalized spacial score (nSPS) is 16.4. The third-order valence-corrected chi connectivity index (χ3v) is 4.35. The van der Waals surface area contributed by atoms with Crippen LogP contribution in [-0.4, -0.2) is 34.7 Å². The summed E-state index contributed by atoms with van der Waals surface area (Å²) in [6.07, 6.45) is 4.56. The fourth-order valence-corrected chi connectivity index (χ4v) is 3.08. The number of halogens is 1. The molecule has 2 heterocycles. The zero-order chi connectivity index (χ0) is 14.5. The maximum absolute atomic E-state index is 4.08. The smallest absolute Gasteiger partial charge is 0.0535 e. The first-order valence-corrected chi connectivity index (χ1v) is 7.83. The van der Waals surface area contributed by atoms with Crippen molar-refractivity contribution in [3.8, 4) is 0 Å². The molecule has 1 aliphatic rings. The summed E-state index contributed by atoms with van der Waals surface area (Å²) in [6, 6.07) is 11.3. The van der Waals surface area contributed by atoms with Crippen molar-refractivity contribution in [3.05, 3.63) is 53.3 Å². The lowest BCUT2D eigenvalue weighted by molar-refractivity contribution is 0.238. The predicted molar refractivity (Wildman–Crippen MR) is 92.3 cm³/mol. The molecule has 2 N–H and O–H groups in total. The number of nitrogens with zero attached hydrogens (tertiary/aromatic N) is 2. The van der Waals surface area contributed by atoms with Gasteiger partial charge in [0.15, 0.2) is 0 Å². The van der Waals surface area contributed by atoms with Crippen LogP contribution >= 0.6 is 12.4 Å². The van der Waals surface area contributed by atoms with Crippen LogP contribution in [0.2, 0.25) is 0 Å². The highest BCUT2D eigenvalue weighted by Gasteiger charge is 2.22. The Morgan fingerprint density at radius 1 is 1.23 bits per heavy atom. The van der Waals surface area contributed by atoms with Gasteiger partial charge in [-0.1, -0.05) is 30.3 Å². The van der Waals surface area contributed by atoms with Gasteiger partial charge in [0.05, 0.1) is 6.20 Å². The summed E-state index contributed by atoms with van der Waals surface area (Å²) in [7, 11) is 0. The summed E-state index contributed by atoms with van der Waals surface area (Å²) in [4.78, 5) is 2.60. The van der Waals surface area contributed by atoms with E-state index in [0.717, 1.165) is 18.8 Å². The van der Waals surface area contributed by atoms with E-state index in [1.807, 2.05) is 6.20 Å². The first-order chi connectivity index (χ1) is 10.3. The van der Waals surface area contributed by atoms with Crippen molar-refractivity contribution in [2.24, 2.45) is 0 Å². The van der Waals surface area contributed by atoms with Crippen molar-refractivity contribution in [3.63, 3.8) is 0 Å². The largest absolute Gasteiger partial charge is 0.311 e. The molecule has 2 aromatic rings. The SMILES string of the molecule is Cc1[nH]ncc1CNCC(c1ccccc1)N1CCCC1.Cl. The second-order valence-electron chi connectivity index (χ2n) is 5.82. The summed E-state index contributed by atoms with van der Waals surface area (Å²) >= 11 is 0. The molecule has 4 nitrogen and oxygen atoms in total. The number of likely N-dealkylation sites (tertiary alicyclic amines) is 1. The van der Waals surface area contributed by atoms with Crippen molar-refractivity contribution >= 4 is 12.4 Å². The standard InChI is InChI=1S/C17H24N4.ClH/c1-14-16(12-19-20-14)11-18-13-17(21-9-5-6-10-21)15-7-3-2-4-8-15;/h2-4,7-8,12,17-18H,5-6,9-11,13H2,1H3,(H,19,20);1H. The van der Waals surface area contributed by atoms with Crippen LogP contribution in [-0.2, 0) is 6.54 Å². The number of H-pyrrole nitrogens is 1. The molecule has 0 radical (unpaired) electrons. The van der Waals surface area contributed by atoms with Gasteiger partial charge in [-0.2, -0.15) is 5.10 Å². The minimum absolute atomic E-state index is 0. The number of hydrogen-bond acceptors (Lipinski definition) is 3. The first-order valence-electron chi connectivity index (χ1n) is 7.83. The molecular formula is C17H25ClN4. The second-order valence-corrected chi connectivity index (χ2v) is 5.82. The monoisotopic (exact) mass is 320 g/mol. The molecule has 1 aromatic heterocycles. The average molecular weight is 321 g/mol. The van der Waals surface area contributed by atoms with Crippen LogP contribution in [0.25, 0.3) is 0 Å². The maximum Gasteiger partial charge on any atom is 0.0535 e. The Hall–Kier alpha value is -1.36. The predicted octanol–water partition coefficient (Wildman–Crippen LogP) is 3.07. The van der Waals surface area contributed by atoms with Crippen LogP contribution in [0.1, 0.15) is 35.7 Å². The highest BCUT2D eigenvalue weighted by molar-refractivity contribution is 5.85. The van der Waals surface area contributed by atoms with Gasteiger partial charge < -0.3 is 5.32 Å². The van der Waals surface area contributed by atoms with Crippen LogP contribution in [0.5, 0.6) is 0 Å². The molecule has 3 rings (SSSR count). The van der Waals surface area contributed by atoms with Crippen LogP contribution in [0.3, 0.4) is 0 Å². The Labute approximate surface area is 138 Å². The quantitative estimate of drug-likeness (QED) is 0.859. The lowest BCUT2D eigenvalue weighted by Gasteiger charge is -2.28. The Balaban J connectivity index is 0.00000176. The fraction of sp³-hybridized carbons (Fsp3) is 0.471. The van der Waals surface area contributed by atoms with E-state index in [4.69, 9.17) is 0 Å². The van der Waals surface area contributed by atoms with Gasteiger partial charge in [0, 0.05) is 30.4 Å². The minimum atomic E-state index is 0. The van der Waals surface area contributed by atoms with E-state index in [1.165, 1.54) is 37.1 Å². The van der Waals surface area contributed by atoms with E-state index in [-0.39, 0.29) is 12.4 Å². The lowest BCUT2D eigenvalue weighted by atomic mass is 10.1. The van der Waals surface area contributed by atoms with Crippen molar-refractivity contribution in [2.45, 2.75) is 32.4 Å². The summed E-state index contributed by atoms with van der Waals surface area (Å²) < 4.78 is 0. The Kier molecular flexibility index (Phi) is 6.43. The van der Waals surface area contributed by atoms with E-state index < -0.39 is 0 Å². The van der Waals surface area contributed by atoms with E-state index in [1.54, 1.807) is 0 Å². The summed E-state index contributed by atoms with van der Waals surface area (Å²) in [5.41, 5.74) is 3.82. The van der Waals surface area contributed by atoms with Crippen molar-refractivity contribution < 1.29 is 0 Å². The molecule has 0 spiro atoms. The molecule has 1 unspecified atom stereocenters. The van der Waals surface area contributed by atoms with Crippen molar-refractivity contribution in [2.75, 3.05) is 19.6 Å². The number of rotatable bonds is 6. The molecule has 0 amide bonds. The fourth-order valence-electron chi connectivity index (χ4n) is 3.08. The Bertz CT molecular complexity index is 549. The zero-order valence-electron chi connectivity index (χ0n) is 13.1. The topological polar surface area (TPSA) is 44.0 Å². The third kappa shape index (κ3) is 4.09. The van der Waals surface area contributed by atoms with Crippen LogP contribution in [0.4, 0.5) is 0 Å². The number of aryl methyl sites for hydroxylation is 1. The van der Waals surface area contributed by atoms with Gasteiger partial charge >= 0.3 is 0 Å². The molecule has 1 aliphatic heterocycles. The molecule has 120 valence electrons. The van der Waals surface area contributed by atoms with Gasteiger partial charge in [0.25, 0.3) is 0 Å². The van der Waals surface area contributed by atoms with Gasteiger partial charge in [-0.05, 0) is 38.4 Å². The lowest BCUT2D eigenvalue weighted by Crippen LogP contribution is -2.34. The number of aromatic amines is 1. The molecule has 1 atom stereocenters. The molecule has 5 heteroatoms. The molecule has 1 aromatic carbocycles. The van der Waals surface area contributed by atoms with Gasteiger partial charge in [-0.25, -0.2) is 0 Å². The molecule has 0 bridgehead atoms. The summed E-state index contributed by atoms with van der Waals surface area (Å²) in [5, 5.41) is 10.7. The average Bonchev–Trinajstić information content (AvgIpc) is 3.17. The number of hydrogen-bond donors (Lipinski definition) is 2. The Morgan fingerprint density at radius 2 is 1.95 bits per heavy atom. The second kappa shape index (κ2) is 8.32. The maximum atomic E-state index is 4.08. The van der Waals surface area contributed by atoms with E-state index in [9.17, 15) is 0 Å². The van der Waals surface area contributed by atoms with Gasteiger partial charge in [-0.15, -0.1) is 12.4 Å². The summed E-state index contributed by atoms with van der Waals surface area (Å²) in [5.74, 6) is 0. The molecule has 22 heavy (non-hydrogen) atoms. The van der Waals surface area contributed by atoms with Crippen molar-refractivity contribution in [1.29, 1.82) is 0 Å². The number of nitrogens with one attached hydrogen (secondary N) is 2. The first kappa shape index (κ1) is 17.0. The molecule has 1 saturated heterocycles. The number of aromatic nitrogens is 2. The van der Waals surface area contributed by atoms with Crippen LogP contribution < -0.4 is 5.32 Å².